The van der Waals surface area contributed by atoms with E-state index in [1.807, 2.05) is 0 Å². The molecule has 0 spiro atoms. The number of nitrogens with one attached hydrogen (secondary N) is 2. The van der Waals surface area contributed by atoms with Crippen molar-refractivity contribution in [2.75, 3.05) is 38.7 Å². The highest BCUT2D eigenvalue weighted by atomic mass is 16.5. The molecule has 0 amide bonds. The molecular formula is C16H28N4O2. The first-order chi connectivity index (χ1) is 10.8. The highest BCUT2D eigenvalue weighted by molar-refractivity contribution is 5.39. The summed E-state index contributed by atoms with van der Waals surface area (Å²) in [5.74, 6) is 2.56. The SMILES string of the molecule is CCN1CC[C@@H](COc2[nH]c(NC3CCCC3)nc2OC)C1. The third-order valence-electron chi connectivity index (χ3n) is 4.81. The molecule has 0 aromatic carbocycles. The minimum Gasteiger partial charge on any atom is -0.477 e. The number of aromatic amines is 1. The van der Waals surface area contributed by atoms with E-state index >= 15 is 0 Å². The van der Waals surface area contributed by atoms with Crippen LogP contribution < -0.4 is 14.8 Å². The molecule has 3 rings (SSSR count). The van der Waals surface area contributed by atoms with Gasteiger partial charge in [0.2, 0.25) is 5.95 Å². The lowest BCUT2D eigenvalue weighted by Gasteiger charge is -2.13. The lowest BCUT2D eigenvalue weighted by atomic mass is 10.1. The zero-order chi connectivity index (χ0) is 15.4. The van der Waals surface area contributed by atoms with Crippen LogP contribution >= 0.6 is 0 Å². The van der Waals surface area contributed by atoms with E-state index in [1.54, 1.807) is 7.11 Å². The van der Waals surface area contributed by atoms with Crippen LogP contribution in [-0.4, -0.2) is 54.3 Å². The van der Waals surface area contributed by atoms with E-state index in [9.17, 15) is 0 Å². The monoisotopic (exact) mass is 308 g/mol. The maximum absolute atomic E-state index is 5.94. The molecule has 0 unspecified atom stereocenters. The highest BCUT2D eigenvalue weighted by Crippen LogP contribution is 2.29. The fourth-order valence-electron chi connectivity index (χ4n) is 3.45. The number of hydrogen-bond donors (Lipinski definition) is 2. The van der Waals surface area contributed by atoms with Crippen molar-refractivity contribution in [3.63, 3.8) is 0 Å². The topological polar surface area (TPSA) is 62.4 Å². The minimum absolute atomic E-state index is 0.525. The van der Waals surface area contributed by atoms with Crippen LogP contribution in [0.5, 0.6) is 11.8 Å². The first kappa shape index (κ1) is 15.5. The zero-order valence-electron chi connectivity index (χ0n) is 13.7. The van der Waals surface area contributed by atoms with E-state index in [-0.39, 0.29) is 0 Å². The fourth-order valence-corrected chi connectivity index (χ4v) is 3.45. The van der Waals surface area contributed by atoms with Crippen molar-refractivity contribution in [1.82, 2.24) is 14.9 Å². The summed E-state index contributed by atoms with van der Waals surface area (Å²) in [6.07, 6.45) is 6.24. The number of aromatic nitrogens is 2. The molecule has 2 heterocycles. The van der Waals surface area contributed by atoms with Crippen molar-refractivity contribution in [2.24, 2.45) is 5.92 Å². The lowest BCUT2D eigenvalue weighted by Crippen LogP contribution is -2.22. The first-order valence-corrected chi connectivity index (χ1v) is 8.54. The van der Waals surface area contributed by atoms with E-state index < -0.39 is 0 Å². The summed E-state index contributed by atoms with van der Waals surface area (Å²) in [4.78, 5) is 10.1. The second-order valence-corrected chi connectivity index (χ2v) is 6.41. The Morgan fingerprint density at radius 3 is 2.82 bits per heavy atom. The number of methoxy groups -OCH3 is 1. The van der Waals surface area contributed by atoms with Crippen LogP contribution in [0.1, 0.15) is 39.0 Å². The van der Waals surface area contributed by atoms with Crippen LogP contribution in [0.15, 0.2) is 0 Å². The predicted octanol–water partition coefficient (Wildman–Crippen LogP) is 2.49. The predicted molar refractivity (Wildman–Crippen MR) is 86.7 cm³/mol. The number of H-pyrrole nitrogens is 1. The smallest absolute Gasteiger partial charge is 0.279 e. The lowest BCUT2D eigenvalue weighted by molar-refractivity contribution is 0.227. The van der Waals surface area contributed by atoms with Gasteiger partial charge in [-0.3, -0.25) is 4.98 Å². The van der Waals surface area contributed by atoms with E-state index in [4.69, 9.17) is 9.47 Å². The summed E-state index contributed by atoms with van der Waals surface area (Å²) in [6, 6.07) is 0.525. The molecule has 1 saturated heterocycles. The van der Waals surface area contributed by atoms with E-state index in [0.29, 0.717) is 23.7 Å². The number of likely N-dealkylation sites (tertiary alicyclic amines) is 1. The maximum atomic E-state index is 5.94. The summed E-state index contributed by atoms with van der Waals surface area (Å²) in [5.41, 5.74) is 0. The number of nitrogens with zero attached hydrogens (tertiary/aromatic N) is 2. The van der Waals surface area contributed by atoms with Crippen LogP contribution in [0.25, 0.3) is 0 Å². The molecule has 6 heteroatoms. The van der Waals surface area contributed by atoms with E-state index in [0.717, 1.165) is 25.6 Å². The Kier molecular flexibility index (Phi) is 5.08. The molecule has 22 heavy (non-hydrogen) atoms. The van der Waals surface area contributed by atoms with Crippen molar-refractivity contribution in [1.29, 1.82) is 0 Å². The fraction of sp³-hybridized carbons (Fsp3) is 0.812. The molecular weight excluding hydrogens is 280 g/mol. The molecule has 1 aromatic rings. The van der Waals surface area contributed by atoms with Crippen LogP contribution in [-0.2, 0) is 0 Å². The van der Waals surface area contributed by atoms with E-state index in [1.165, 1.54) is 38.6 Å². The molecule has 1 aromatic heterocycles. The van der Waals surface area contributed by atoms with Crippen molar-refractivity contribution in [3.05, 3.63) is 0 Å². The van der Waals surface area contributed by atoms with Gasteiger partial charge in [-0.2, -0.15) is 4.98 Å². The molecule has 124 valence electrons. The van der Waals surface area contributed by atoms with E-state index in [2.05, 4.69) is 27.1 Å². The maximum Gasteiger partial charge on any atom is 0.279 e. The summed E-state index contributed by atoms with van der Waals surface area (Å²) in [5, 5.41) is 3.45. The van der Waals surface area contributed by atoms with Gasteiger partial charge in [0.1, 0.15) is 0 Å². The number of hydrogen-bond acceptors (Lipinski definition) is 5. The number of anilines is 1. The van der Waals surface area contributed by atoms with Crippen LogP contribution in [0, 0.1) is 5.92 Å². The largest absolute Gasteiger partial charge is 0.477 e. The van der Waals surface area contributed by atoms with Gasteiger partial charge in [0.25, 0.3) is 11.8 Å². The molecule has 0 bridgehead atoms. The van der Waals surface area contributed by atoms with Gasteiger partial charge in [0.05, 0.1) is 13.7 Å². The molecule has 0 radical (unpaired) electrons. The summed E-state index contributed by atoms with van der Waals surface area (Å²) in [6.45, 7) is 6.36. The van der Waals surface area contributed by atoms with Gasteiger partial charge in [-0.05, 0) is 32.4 Å². The Bertz CT molecular complexity index is 471. The van der Waals surface area contributed by atoms with Crippen molar-refractivity contribution < 1.29 is 9.47 Å². The molecule has 1 saturated carbocycles. The van der Waals surface area contributed by atoms with Crippen LogP contribution in [0.2, 0.25) is 0 Å². The van der Waals surface area contributed by atoms with Gasteiger partial charge in [-0.25, -0.2) is 0 Å². The average Bonchev–Trinajstić information content (AvgIpc) is 3.26. The zero-order valence-corrected chi connectivity index (χ0v) is 13.7. The third-order valence-corrected chi connectivity index (χ3v) is 4.81. The Hall–Kier alpha value is -1.43. The first-order valence-electron chi connectivity index (χ1n) is 8.54. The second-order valence-electron chi connectivity index (χ2n) is 6.41. The molecule has 1 aliphatic carbocycles. The Labute approximate surface area is 132 Å². The summed E-state index contributed by atoms with van der Waals surface area (Å²) < 4.78 is 11.3. The van der Waals surface area contributed by atoms with Gasteiger partial charge in [0, 0.05) is 18.5 Å². The summed E-state index contributed by atoms with van der Waals surface area (Å²) >= 11 is 0. The van der Waals surface area contributed by atoms with Crippen LogP contribution in [0.3, 0.4) is 0 Å². The number of ether oxygens (including phenoxy) is 2. The molecule has 1 atom stereocenters. The Balaban J connectivity index is 1.54. The Morgan fingerprint density at radius 1 is 1.32 bits per heavy atom. The average molecular weight is 308 g/mol. The molecule has 6 nitrogen and oxygen atoms in total. The Morgan fingerprint density at radius 2 is 2.14 bits per heavy atom. The number of rotatable bonds is 7. The van der Waals surface area contributed by atoms with Crippen molar-refractivity contribution >= 4 is 5.95 Å². The van der Waals surface area contributed by atoms with Crippen molar-refractivity contribution in [3.8, 4) is 11.8 Å². The quantitative estimate of drug-likeness (QED) is 0.810. The molecule has 2 aliphatic rings. The van der Waals surface area contributed by atoms with Gasteiger partial charge in [-0.15, -0.1) is 0 Å². The standard InChI is InChI=1S/C16H28N4O2/c1-3-20-9-8-12(10-20)11-22-15-14(21-2)18-16(19-15)17-13-6-4-5-7-13/h12-13H,3-11H2,1-2H3,(H2,17,18,19)/t12-/m1/s1. The highest BCUT2D eigenvalue weighted by Gasteiger charge is 2.23. The normalized spacial score (nSPS) is 23.1. The third kappa shape index (κ3) is 3.66. The second kappa shape index (κ2) is 7.22. The number of imidazole rings is 1. The molecule has 2 N–H and O–H groups in total. The van der Waals surface area contributed by atoms with Gasteiger partial charge in [0.15, 0.2) is 0 Å². The van der Waals surface area contributed by atoms with Gasteiger partial charge < -0.3 is 19.7 Å². The van der Waals surface area contributed by atoms with Gasteiger partial charge >= 0.3 is 0 Å². The van der Waals surface area contributed by atoms with Crippen LogP contribution in [0.4, 0.5) is 5.95 Å². The summed E-state index contributed by atoms with van der Waals surface area (Å²) in [7, 11) is 1.64. The molecule has 2 fully saturated rings. The van der Waals surface area contributed by atoms with Gasteiger partial charge in [-0.1, -0.05) is 19.8 Å². The minimum atomic E-state index is 0.525. The molecule has 1 aliphatic heterocycles. The van der Waals surface area contributed by atoms with Crippen molar-refractivity contribution in [2.45, 2.75) is 45.1 Å².